The number of hydrogen-bond acceptors (Lipinski definition) is 7. The van der Waals surface area contributed by atoms with Crippen LogP contribution in [0.4, 0.5) is 0 Å². The van der Waals surface area contributed by atoms with Crippen LogP contribution in [0, 0.1) is 13.8 Å². The van der Waals surface area contributed by atoms with Crippen LogP contribution in [0.25, 0.3) is 11.0 Å². The van der Waals surface area contributed by atoms with Crippen molar-refractivity contribution in [2.75, 3.05) is 6.61 Å². The first-order valence-electron chi connectivity index (χ1n) is 7.50. The van der Waals surface area contributed by atoms with Crippen LogP contribution in [0.3, 0.4) is 0 Å². The SMILES string of the molecule is Cc1cc2nc([C@H]3O[C@H](CO)[C@@H](O)[C@H]3O)n(OP(=O)(O)O)c2cc1C. The first-order chi connectivity index (χ1) is 11.6. The van der Waals surface area contributed by atoms with Gasteiger partial charge in [-0.3, -0.25) is 9.79 Å². The van der Waals surface area contributed by atoms with Gasteiger partial charge in [-0.15, -0.1) is 0 Å². The molecular formula is C14H19N2O8P. The Bertz CT molecular complexity index is 847. The maximum absolute atomic E-state index is 11.4. The van der Waals surface area contributed by atoms with Gasteiger partial charge in [-0.05, 0) is 37.1 Å². The van der Waals surface area contributed by atoms with Crippen LogP contribution in [-0.4, -0.2) is 59.7 Å². The monoisotopic (exact) mass is 374 g/mol. The highest BCUT2D eigenvalue weighted by Gasteiger charge is 2.46. The third-order valence-corrected chi connectivity index (χ3v) is 4.61. The summed E-state index contributed by atoms with van der Waals surface area (Å²) in [4.78, 5) is 22.7. The van der Waals surface area contributed by atoms with Crippen molar-refractivity contribution < 1.29 is 39.0 Å². The van der Waals surface area contributed by atoms with Crippen molar-refractivity contribution in [3.63, 3.8) is 0 Å². The Labute approximate surface area is 142 Å². The number of imidazole rings is 1. The summed E-state index contributed by atoms with van der Waals surface area (Å²) < 4.78 is 22.3. The number of aliphatic hydroxyl groups excluding tert-OH is 3. The number of hydrogen-bond donors (Lipinski definition) is 5. The molecule has 0 bridgehead atoms. The summed E-state index contributed by atoms with van der Waals surface area (Å²) >= 11 is 0. The van der Waals surface area contributed by atoms with Crippen LogP contribution in [0.5, 0.6) is 0 Å². The van der Waals surface area contributed by atoms with E-state index >= 15 is 0 Å². The molecule has 3 rings (SSSR count). The predicted molar refractivity (Wildman–Crippen MR) is 84.5 cm³/mol. The van der Waals surface area contributed by atoms with Gasteiger partial charge < -0.3 is 24.7 Å². The van der Waals surface area contributed by atoms with Crippen molar-refractivity contribution in [1.29, 1.82) is 0 Å². The molecule has 1 fully saturated rings. The molecule has 138 valence electrons. The zero-order valence-electron chi connectivity index (χ0n) is 13.5. The number of ether oxygens (including phenoxy) is 1. The van der Waals surface area contributed by atoms with Gasteiger partial charge in [0.15, 0.2) is 5.82 Å². The number of nitrogens with zero attached hydrogens (tertiary/aromatic N) is 2. The van der Waals surface area contributed by atoms with E-state index in [1.165, 1.54) is 0 Å². The van der Waals surface area contributed by atoms with Gasteiger partial charge in [-0.25, -0.2) is 9.55 Å². The molecule has 0 amide bonds. The Morgan fingerprint density at radius 3 is 2.44 bits per heavy atom. The number of benzene rings is 1. The smallest absolute Gasteiger partial charge is 0.394 e. The summed E-state index contributed by atoms with van der Waals surface area (Å²) in [6.45, 7) is 3.13. The summed E-state index contributed by atoms with van der Waals surface area (Å²) in [5.41, 5.74) is 2.40. The van der Waals surface area contributed by atoms with Crippen molar-refractivity contribution >= 4 is 18.9 Å². The number of phosphoric acid groups is 1. The summed E-state index contributed by atoms with van der Waals surface area (Å²) in [6.07, 6.45) is -5.10. The summed E-state index contributed by atoms with van der Waals surface area (Å²) in [5.74, 6) is -0.120. The summed E-state index contributed by atoms with van der Waals surface area (Å²) in [6, 6.07) is 3.34. The molecule has 0 saturated carbocycles. The van der Waals surface area contributed by atoms with Crippen molar-refractivity contribution in [1.82, 2.24) is 9.71 Å². The van der Waals surface area contributed by atoms with E-state index in [1.54, 1.807) is 12.1 Å². The summed E-state index contributed by atoms with van der Waals surface area (Å²) in [7, 11) is -4.94. The van der Waals surface area contributed by atoms with E-state index in [0.717, 1.165) is 15.9 Å². The van der Waals surface area contributed by atoms with E-state index in [9.17, 15) is 29.7 Å². The minimum atomic E-state index is -4.94. The van der Waals surface area contributed by atoms with E-state index in [0.29, 0.717) is 5.52 Å². The van der Waals surface area contributed by atoms with Crippen LogP contribution < -0.4 is 4.62 Å². The average molecular weight is 374 g/mol. The fraction of sp³-hybridized carbons (Fsp3) is 0.500. The third kappa shape index (κ3) is 3.30. The van der Waals surface area contributed by atoms with Crippen LogP contribution in [0.15, 0.2) is 12.1 Å². The molecule has 0 aliphatic carbocycles. The molecule has 5 N–H and O–H groups in total. The molecule has 4 atom stereocenters. The molecule has 1 aromatic carbocycles. The Morgan fingerprint density at radius 2 is 1.88 bits per heavy atom. The van der Waals surface area contributed by atoms with Gasteiger partial charge in [0.1, 0.15) is 29.9 Å². The van der Waals surface area contributed by atoms with Gasteiger partial charge in [0.25, 0.3) is 0 Å². The minimum absolute atomic E-state index is 0.120. The molecule has 1 aromatic heterocycles. The Balaban J connectivity index is 2.17. The van der Waals surface area contributed by atoms with Gasteiger partial charge in [-0.1, -0.05) is 0 Å². The number of rotatable bonds is 4. The molecule has 10 nitrogen and oxygen atoms in total. The highest BCUT2D eigenvalue weighted by molar-refractivity contribution is 7.46. The Kier molecular flexibility index (Phi) is 4.63. The lowest BCUT2D eigenvalue weighted by Gasteiger charge is -2.17. The third-order valence-electron chi connectivity index (χ3n) is 4.24. The number of aromatic nitrogens is 2. The van der Waals surface area contributed by atoms with E-state index in [-0.39, 0.29) is 11.3 Å². The second kappa shape index (κ2) is 6.33. The van der Waals surface area contributed by atoms with Crippen LogP contribution >= 0.6 is 7.82 Å². The van der Waals surface area contributed by atoms with Gasteiger partial charge in [0.05, 0.1) is 12.1 Å². The molecule has 11 heteroatoms. The maximum Gasteiger partial charge on any atom is 0.543 e. The Hall–Kier alpha value is -1.52. The zero-order chi connectivity index (χ0) is 18.5. The van der Waals surface area contributed by atoms with Crippen molar-refractivity contribution in [2.45, 2.75) is 38.3 Å². The van der Waals surface area contributed by atoms with Crippen molar-refractivity contribution in [3.05, 3.63) is 29.1 Å². The molecule has 0 spiro atoms. The first kappa shape index (κ1) is 18.3. The van der Waals surface area contributed by atoms with Crippen LogP contribution in [0.1, 0.15) is 23.1 Å². The molecule has 0 unspecified atom stereocenters. The highest BCUT2D eigenvalue weighted by atomic mass is 31.2. The number of aliphatic hydroxyl groups is 3. The Morgan fingerprint density at radius 1 is 1.24 bits per heavy atom. The van der Waals surface area contributed by atoms with Gasteiger partial charge in [0, 0.05) is 0 Å². The number of aryl methyl sites for hydroxylation is 2. The summed E-state index contributed by atoms with van der Waals surface area (Å²) in [5, 5.41) is 29.3. The normalized spacial score (nSPS) is 27.2. The molecular weight excluding hydrogens is 355 g/mol. The first-order valence-corrected chi connectivity index (χ1v) is 9.03. The zero-order valence-corrected chi connectivity index (χ0v) is 14.4. The quantitative estimate of drug-likeness (QED) is 0.438. The molecule has 1 aliphatic heterocycles. The average Bonchev–Trinajstić information content (AvgIpc) is 2.98. The predicted octanol–water partition coefficient (Wildman–Crippen LogP) is -0.672. The van der Waals surface area contributed by atoms with E-state index in [4.69, 9.17) is 9.36 Å². The van der Waals surface area contributed by atoms with E-state index in [1.807, 2.05) is 13.8 Å². The van der Waals surface area contributed by atoms with E-state index < -0.39 is 38.8 Å². The van der Waals surface area contributed by atoms with Crippen molar-refractivity contribution in [3.8, 4) is 0 Å². The lowest BCUT2D eigenvalue weighted by molar-refractivity contribution is -0.0295. The second-order valence-electron chi connectivity index (χ2n) is 6.02. The lowest BCUT2D eigenvalue weighted by Crippen LogP contribution is -2.32. The highest BCUT2D eigenvalue weighted by Crippen LogP contribution is 2.38. The molecule has 1 saturated heterocycles. The topological polar surface area (TPSA) is 154 Å². The molecule has 2 heterocycles. The minimum Gasteiger partial charge on any atom is -0.394 e. The standard InChI is InChI=1S/C14H19N2O8P/c1-6-3-8-9(4-7(6)2)16(24-25(20,21)22)14(15-8)13-12(19)11(18)10(5-17)23-13/h3-4,10-13,17-19H,5H2,1-2H3,(H2,20,21,22)/t10-,11-,12-,13+/m1/s1. The molecule has 2 aromatic rings. The fourth-order valence-corrected chi connectivity index (χ4v) is 3.20. The molecule has 25 heavy (non-hydrogen) atoms. The number of fused-ring (bicyclic) bond motifs is 1. The van der Waals surface area contributed by atoms with Crippen molar-refractivity contribution in [2.24, 2.45) is 0 Å². The maximum atomic E-state index is 11.4. The second-order valence-corrected chi connectivity index (χ2v) is 7.17. The van der Waals surface area contributed by atoms with Gasteiger partial charge >= 0.3 is 7.82 Å². The van der Waals surface area contributed by atoms with Crippen LogP contribution in [-0.2, 0) is 9.30 Å². The molecule has 1 aliphatic rings. The molecule has 0 radical (unpaired) electrons. The lowest BCUT2D eigenvalue weighted by atomic mass is 10.1. The largest absolute Gasteiger partial charge is 0.543 e. The van der Waals surface area contributed by atoms with E-state index in [2.05, 4.69) is 4.98 Å². The van der Waals surface area contributed by atoms with Gasteiger partial charge in [0.2, 0.25) is 0 Å². The van der Waals surface area contributed by atoms with Gasteiger partial charge in [-0.2, -0.15) is 4.73 Å². The van der Waals surface area contributed by atoms with Crippen LogP contribution in [0.2, 0.25) is 0 Å². The fourth-order valence-electron chi connectivity index (χ4n) is 2.81.